The molecule has 5 rings (SSSR count). The number of aromatic nitrogens is 2. The summed E-state index contributed by atoms with van der Waals surface area (Å²) in [4.78, 5) is 17.4. The first-order valence-electron chi connectivity index (χ1n) is 10.9. The van der Waals surface area contributed by atoms with Crippen LogP contribution in [0.4, 0.5) is 5.69 Å². The third kappa shape index (κ3) is 3.60. The smallest absolute Gasteiger partial charge is 0.241 e. The molecule has 1 aromatic carbocycles. The Labute approximate surface area is 172 Å². The van der Waals surface area contributed by atoms with Gasteiger partial charge in [0.1, 0.15) is 0 Å². The van der Waals surface area contributed by atoms with Gasteiger partial charge in [-0.3, -0.25) is 14.4 Å². The molecule has 2 fully saturated rings. The van der Waals surface area contributed by atoms with Crippen LogP contribution in [0.1, 0.15) is 36.4 Å². The van der Waals surface area contributed by atoms with Crippen LogP contribution in [0.15, 0.2) is 36.7 Å². The van der Waals surface area contributed by atoms with E-state index in [2.05, 4.69) is 35.1 Å². The lowest BCUT2D eigenvalue weighted by atomic mass is 9.77. The lowest BCUT2D eigenvalue weighted by Gasteiger charge is -2.35. The van der Waals surface area contributed by atoms with Crippen molar-refractivity contribution in [3.05, 3.63) is 47.8 Å². The molecule has 154 valence electrons. The predicted molar refractivity (Wildman–Crippen MR) is 112 cm³/mol. The van der Waals surface area contributed by atoms with Crippen LogP contribution in [-0.2, 0) is 11.2 Å². The fourth-order valence-electron chi connectivity index (χ4n) is 5.66. The molecule has 1 aliphatic carbocycles. The molecule has 3 heterocycles. The first-order valence-corrected chi connectivity index (χ1v) is 10.9. The van der Waals surface area contributed by atoms with E-state index in [0.717, 1.165) is 51.0 Å². The molecule has 1 N–H and O–H groups in total. The molecule has 29 heavy (non-hydrogen) atoms. The summed E-state index contributed by atoms with van der Waals surface area (Å²) in [5, 5.41) is 15.0. The Morgan fingerprint density at radius 2 is 2.07 bits per heavy atom. The summed E-state index contributed by atoms with van der Waals surface area (Å²) in [7, 11) is 0. The third-order valence-corrected chi connectivity index (χ3v) is 7.06. The number of rotatable bonds is 3. The van der Waals surface area contributed by atoms with E-state index in [1.807, 2.05) is 21.8 Å². The summed E-state index contributed by atoms with van der Waals surface area (Å²) in [6.07, 6.45) is 7.18. The molecule has 0 bridgehead atoms. The number of hydrogen-bond donors (Lipinski definition) is 1. The Bertz CT molecular complexity index is 881. The monoisotopic (exact) mass is 394 g/mol. The van der Waals surface area contributed by atoms with Gasteiger partial charge in [0.2, 0.25) is 5.91 Å². The number of carbonyl (C=O) groups excluding carboxylic acids is 1. The van der Waals surface area contributed by atoms with Gasteiger partial charge in [-0.25, -0.2) is 0 Å². The Balaban J connectivity index is 1.25. The van der Waals surface area contributed by atoms with E-state index in [1.165, 1.54) is 11.1 Å². The van der Waals surface area contributed by atoms with E-state index < -0.39 is 0 Å². The number of aliphatic hydroxyl groups is 1. The molecule has 2 aliphatic heterocycles. The van der Waals surface area contributed by atoms with Crippen molar-refractivity contribution in [3.8, 4) is 0 Å². The zero-order chi connectivity index (χ0) is 20.0. The van der Waals surface area contributed by atoms with Crippen LogP contribution < -0.4 is 4.90 Å². The number of carbonyl (C=O) groups is 1. The number of hydrogen-bond acceptors (Lipinski definition) is 4. The molecule has 1 amide bonds. The minimum absolute atomic E-state index is 0.0547. The average molecular weight is 395 g/mol. The maximum atomic E-state index is 13.1. The highest BCUT2D eigenvalue weighted by Crippen LogP contribution is 2.41. The second kappa shape index (κ2) is 7.58. The molecule has 0 radical (unpaired) electrons. The van der Waals surface area contributed by atoms with Crippen molar-refractivity contribution in [3.63, 3.8) is 0 Å². The summed E-state index contributed by atoms with van der Waals surface area (Å²) < 4.78 is 1.90. The Morgan fingerprint density at radius 3 is 2.86 bits per heavy atom. The highest BCUT2D eigenvalue weighted by molar-refractivity contribution is 5.96. The molecule has 6 nitrogen and oxygen atoms in total. The van der Waals surface area contributed by atoms with E-state index in [0.29, 0.717) is 18.4 Å². The maximum absolute atomic E-state index is 13.1. The summed E-state index contributed by atoms with van der Waals surface area (Å²) >= 11 is 0. The second-order valence-electron chi connectivity index (χ2n) is 9.09. The van der Waals surface area contributed by atoms with Gasteiger partial charge >= 0.3 is 0 Å². The molecule has 3 aliphatic rings. The van der Waals surface area contributed by atoms with Crippen molar-refractivity contribution in [2.75, 3.05) is 31.1 Å². The molecule has 0 spiro atoms. The minimum atomic E-state index is -0.357. The van der Waals surface area contributed by atoms with Crippen LogP contribution in [0.2, 0.25) is 0 Å². The van der Waals surface area contributed by atoms with Crippen LogP contribution in [0.5, 0.6) is 0 Å². The van der Waals surface area contributed by atoms with Gasteiger partial charge in [0.25, 0.3) is 0 Å². The number of likely N-dealkylation sites (tertiary alicyclic amines) is 1. The molecule has 6 heteroatoms. The number of amides is 1. The zero-order valence-corrected chi connectivity index (χ0v) is 17.1. The average Bonchev–Trinajstić information content (AvgIpc) is 3.35. The van der Waals surface area contributed by atoms with Gasteiger partial charge in [-0.15, -0.1) is 0 Å². The number of aliphatic hydroxyl groups excluding tert-OH is 1. The van der Waals surface area contributed by atoms with E-state index >= 15 is 0 Å². The van der Waals surface area contributed by atoms with Crippen molar-refractivity contribution in [1.82, 2.24) is 14.7 Å². The van der Waals surface area contributed by atoms with Crippen LogP contribution in [0, 0.1) is 18.8 Å². The van der Waals surface area contributed by atoms with Gasteiger partial charge < -0.3 is 10.0 Å². The predicted octanol–water partition coefficient (Wildman–Crippen LogP) is 2.41. The fraction of sp³-hybridized carbons (Fsp3) is 0.565. The number of aryl methyl sites for hydroxylation is 2. The van der Waals surface area contributed by atoms with Crippen molar-refractivity contribution < 1.29 is 9.90 Å². The van der Waals surface area contributed by atoms with E-state index in [9.17, 15) is 9.90 Å². The van der Waals surface area contributed by atoms with Gasteiger partial charge in [-0.2, -0.15) is 5.10 Å². The Morgan fingerprint density at radius 1 is 1.24 bits per heavy atom. The summed E-state index contributed by atoms with van der Waals surface area (Å²) in [5.74, 6) is 1.20. The SMILES string of the molecule is Cc1ccc2c(c1)CCCN2C(=O)CN1C[C@H]2C[C@@H](n3cccn3)[C@H](O)C[C@H]2C1. The molecule has 1 saturated heterocycles. The molecule has 4 atom stereocenters. The lowest BCUT2D eigenvalue weighted by Crippen LogP contribution is -2.42. The van der Waals surface area contributed by atoms with E-state index in [-0.39, 0.29) is 18.1 Å². The number of fused-ring (bicyclic) bond motifs is 2. The van der Waals surface area contributed by atoms with Crippen molar-refractivity contribution in [1.29, 1.82) is 0 Å². The topological polar surface area (TPSA) is 61.6 Å². The molecule has 0 unspecified atom stereocenters. The molecular weight excluding hydrogens is 364 g/mol. The molecule has 2 aromatic rings. The van der Waals surface area contributed by atoms with Crippen molar-refractivity contribution >= 4 is 11.6 Å². The molecular formula is C23H30N4O2. The van der Waals surface area contributed by atoms with Crippen LogP contribution in [0.3, 0.4) is 0 Å². The standard InChI is InChI=1S/C23H30N4O2/c1-16-5-6-20-17(10-16)4-2-8-26(20)23(29)15-25-13-18-11-21(27-9-3-7-24-27)22(28)12-19(18)14-25/h3,5-7,9-10,18-19,21-22,28H,2,4,8,11-15H2,1H3/t18-,19+,21-,22-/m1/s1. The van der Waals surface area contributed by atoms with E-state index in [4.69, 9.17) is 0 Å². The van der Waals surface area contributed by atoms with Gasteiger partial charge in [0, 0.05) is 37.7 Å². The second-order valence-corrected chi connectivity index (χ2v) is 9.09. The van der Waals surface area contributed by atoms with Crippen molar-refractivity contribution in [2.45, 2.75) is 44.8 Å². The molecule has 1 saturated carbocycles. The maximum Gasteiger partial charge on any atom is 0.241 e. The lowest BCUT2D eigenvalue weighted by molar-refractivity contribution is -0.119. The van der Waals surface area contributed by atoms with E-state index in [1.54, 1.807) is 6.20 Å². The van der Waals surface area contributed by atoms with Crippen molar-refractivity contribution in [2.24, 2.45) is 11.8 Å². The summed E-state index contributed by atoms with van der Waals surface area (Å²) in [5.41, 5.74) is 3.65. The van der Waals surface area contributed by atoms with Gasteiger partial charge in [-0.05, 0) is 62.1 Å². The highest BCUT2D eigenvalue weighted by atomic mass is 16.3. The van der Waals surface area contributed by atoms with Gasteiger partial charge in [-0.1, -0.05) is 17.7 Å². The fourth-order valence-corrected chi connectivity index (χ4v) is 5.66. The minimum Gasteiger partial charge on any atom is -0.391 e. The largest absolute Gasteiger partial charge is 0.391 e. The highest BCUT2D eigenvalue weighted by Gasteiger charge is 2.43. The normalized spacial score (nSPS) is 29.5. The Kier molecular flexibility index (Phi) is 4.92. The third-order valence-electron chi connectivity index (χ3n) is 7.06. The summed E-state index contributed by atoms with van der Waals surface area (Å²) in [6, 6.07) is 8.40. The first-order chi connectivity index (χ1) is 14.1. The Hall–Kier alpha value is -2.18. The number of anilines is 1. The number of benzene rings is 1. The molecule has 1 aromatic heterocycles. The van der Waals surface area contributed by atoms with Crippen LogP contribution >= 0.6 is 0 Å². The number of nitrogens with zero attached hydrogens (tertiary/aromatic N) is 4. The zero-order valence-electron chi connectivity index (χ0n) is 17.1. The van der Waals surface area contributed by atoms with Gasteiger partial charge in [0.05, 0.1) is 18.7 Å². The first kappa shape index (κ1) is 18.8. The van der Waals surface area contributed by atoms with Gasteiger partial charge in [0.15, 0.2) is 0 Å². The quantitative estimate of drug-likeness (QED) is 0.869. The van der Waals surface area contributed by atoms with Crippen LogP contribution in [0.25, 0.3) is 0 Å². The summed E-state index contributed by atoms with van der Waals surface area (Å²) in [6.45, 7) is 5.25. The van der Waals surface area contributed by atoms with Crippen LogP contribution in [-0.4, -0.2) is 58.0 Å².